The summed E-state index contributed by atoms with van der Waals surface area (Å²) in [6.07, 6.45) is 1.61. The number of Topliss-reactive ketones (excluding diaryl/α,β-unsaturated/α-hetero) is 1. The average Bonchev–Trinajstić information content (AvgIpc) is 3.38. The van der Waals surface area contributed by atoms with Crippen LogP contribution in [0.5, 0.6) is 0 Å². The van der Waals surface area contributed by atoms with Crippen molar-refractivity contribution in [2.75, 3.05) is 4.90 Å². The fourth-order valence-corrected chi connectivity index (χ4v) is 5.41. The molecule has 1 fully saturated rings. The molecule has 36 heavy (non-hydrogen) atoms. The van der Waals surface area contributed by atoms with Crippen LogP contribution in [0.4, 0.5) is 5.13 Å². The number of fused-ring (bicyclic) bond motifs is 1. The average molecular weight is 498 g/mol. The lowest BCUT2D eigenvalue weighted by molar-refractivity contribution is -0.132. The first-order valence-electron chi connectivity index (χ1n) is 11.8. The van der Waals surface area contributed by atoms with E-state index in [4.69, 9.17) is 4.98 Å². The smallest absolute Gasteiger partial charge is 0.301 e. The molecule has 5 rings (SSSR count). The molecule has 182 valence electrons. The number of thiazole rings is 1. The third kappa shape index (κ3) is 3.99. The Morgan fingerprint density at radius 3 is 2.44 bits per heavy atom. The number of aliphatic hydroxyl groups excluding tert-OH is 1. The van der Waals surface area contributed by atoms with Gasteiger partial charge in [-0.05, 0) is 66.3 Å². The number of pyridine rings is 1. The maximum absolute atomic E-state index is 13.4. The van der Waals surface area contributed by atoms with Gasteiger partial charge in [0.25, 0.3) is 5.78 Å². The Hall–Kier alpha value is -3.84. The number of amides is 1. The summed E-state index contributed by atoms with van der Waals surface area (Å²) in [6.45, 7) is 10.3. The summed E-state index contributed by atoms with van der Waals surface area (Å²) >= 11 is 1.35. The number of aliphatic hydroxyl groups is 1. The van der Waals surface area contributed by atoms with Gasteiger partial charge in [0, 0.05) is 11.8 Å². The van der Waals surface area contributed by atoms with E-state index < -0.39 is 17.7 Å². The molecular weight excluding hydrogens is 470 g/mol. The molecule has 2 aromatic carbocycles. The molecular formula is C29H27N3O3S. The van der Waals surface area contributed by atoms with E-state index in [0.29, 0.717) is 16.4 Å². The Balaban J connectivity index is 1.70. The van der Waals surface area contributed by atoms with E-state index in [9.17, 15) is 14.7 Å². The van der Waals surface area contributed by atoms with Crippen molar-refractivity contribution in [2.45, 2.75) is 46.1 Å². The first-order chi connectivity index (χ1) is 17.1. The summed E-state index contributed by atoms with van der Waals surface area (Å²) < 4.78 is 0.924. The third-order valence-corrected chi connectivity index (χ3v) is 7.66. The zero-order chi connectivity index (χ0) is 25.8. The Labute approximate surface area is 214 Å². The molecule has 0 spiro atoms. The van der Waals surface area contributed by atoms with Gasteiger partial charge in [0.05, 0.1) is 21.5 Å². The summed E-state index contributed by atoms with van der Waals surface area (Å²) in [4.78, 5) is 37.3. The van der Waals surface area contributed by atoms with Crippen LogP contribution >= 0.6 is 11.3 Å². The van der Waals surface area contributed by atoms with Crippen LogP contribution in [0.2, 0.25) is 0 Å². The van der Waals surface area contributed by atoms with Gasteiger partial charge in [0.15, 0.2) is 5.13 Å². The summed E-state index contributed by atoms with van der Waals surface area (Å²) in [6, 6.07) is 15.9. The van der Waals surface area contributed by atoms with Crippen molar-refractivity contribution in [3.63, 3.8) is 0 Å². The number of hydrogen-bond donors (Lipinski definition) is 1. The minimum Gasteiger partial charge on any atom is -0.507 e. The van der Waals surface area contributed by atoms with Crippen molar-refractivity contribution in [3.05, 3.63) is 94.3 Å². The van der Waals surface area contributed by atoms with E-state index in [1.54, 1.807) is 30.5 Å². The maximum Gasteiger partial charge on any atom is 0.301 e. The zero-order valence-electron chi connectivity index (χ0n) is 20.9. The Bertz CT molecular complexity index is 1550. The fourth-order valence-electron chi connectivity index (χ4n) is 4.37. The van der Waals surface area contributed by atoms with Crippen molar-refractivity contribution in [1.82, 2.24) is 9.97 Å². The lowest BCUT2D eigenvalue weighted by atomic mass is 9.87. The number of carbonyl (C=O) groups excluding carboxylic acids is 2. The number of aromatic nitrogens is 2. The molecule has 1 unspecified atom stereocenters. The first-order valence-corrected chi connectivity index (χ1v) is 12.6. The normalized spacial score (nSPS) is 17.8. The van der Waals surface area contributed by atoms with Gasteiger partial charge in [-0.25, -0.2) is 4.98 Å². The number of aryl methyl sites for hydroxylation is 2. The van der Waals surface area contributed by atoms with E-state index in [2.05, 4.69) is 31.8 Å². The van der Waals surface area contributed by atoms with Gasteiger partial charge < -0.3 is 5.11 Å². The summed E-state index contributed by atoms with van der Waals surface area (Å²) in [5.41, 5.74) is 4.88. The second-order valence-electron chi connectivity index (χ2n) is 10.2. The molecule has 1 amide bonds. The van der Waals surface area contributed by atoms with Crippen molar-refractivity contribution in [1.29, 1.82) is 0 Å². The van der Waals surface area contributed by atoms with Crippen LogP contribution in [0.25, 0.3) is 16.0 Å². The van der Waals surface area contributed by atoms with Crippen LogP contribution < -0.4 is 4.90 Å². The molecule has 1 aliphatic heterocycles. The fraction of sp³-hybridized carbons (Fsp3) is 0.241. The van der Waals surface area contributed by atoms with Gasteiger partial charge in [0.1, 0.15) is 11.8 Å². The standard InChI is InChI=1S/C29H27N3O3S/c1-16-9-10-18(14-17(16)2)25(33)23-24(21-8-6-7-13-30-21)32(27(35)26(23)34)28-31-20-12-11-19(29(3,4)5)15-22(20)36-28/h6-15,24,33H,1-5H3/b25-23+. The predicted octanol–water partition coefficient (Wildman–Crippen LogP) is 6.23. The van der Waals surface area contributed by atoms with Crippen molar-refractivity contribution in [2.24, 2.45) is 0 Å². The molecule has 3 heterocycles. The molecule has 0 radical (unpaired) electrons. The van der Waals surface area contributed by atoms with Gasteiger partial charge in [-0.1, -0.05) is 56.4 Å². The highest BCUT2D eigenvalue weighted by Crippen LogP contribution is 2.44. The SMILES string of the molecule is Cc1ccc(/C(O)=C2\C(=O)C(=O)N(c3nc4ccc(C(C)(C)C)cc4s3)C2c2ccccn2)cc1C. The summed E-state index contributed by atoms with van der Waals surface area (Å²) in [7, 11) is 0. The van der Waals surface area contributed by atoms with Gasteiger partial charge in [0.2, 0.25) is 0 Å². The van der Waals surface area contributed by atoms with Gasteiger partial charge >= 0.3 is 5.91 Å². The lowest BCUT2D eigenvalue weighted by Crippen LogP contribution is -2.29. The minimum atomic E-state index is -0.893. The van der Waals surface area contributed by atoms with Gasteiger partial charge in [-0.3, -0.25) is 19.5 Å². The maximum atomic E-state index is 13.4. The quantitative estimate of drug-likeness (QED) is 0.206. The van der Waals surface area contributed by atoms with Crippen LogP contribution in [0.3, 0.4) is 0 Å². The summed E-state index contributed by atoms with van der Waals surface area (Å²) in [5, 5.41) is 11.7. The molecule has 2 aromatic heterocycles. The highest BCUT2D eigenvalue weighted by molar-refractivity contribution is 7.22. The molecule has 6 nitrogen and oxygen atoms in total. The number of nitrogens with zero attached hydrogens (tertiary/aromatic N) is 3. The monoisotopic (exact) mass is 497 g/mol. The van der Waals surface area contributed by atoms with Gasteiger partial charge in [-0.15, -0.1) is 0 Å². The van der Waals surface area contributed by atoms with E-state index in [-0.39, 0.29) is 16.7 Å². The number of benzene rings is 2. The number of hydrogen-bond acceptors (Lipinski definition) is 6. The molecule has 1 aliphatic rings. The van der Waals surface area contributed by atoms with Crippen molar-refractivity contribution in [3.8, 4) is 0 Å². The molecule has 1 atom stereocenters. The van der Waals surface area contributed by atoms with E-state index in [1.807, 2.05) is 38.1 Å². The molecule has 0 bridgehead atoms. The second kappa shape index (κ2) is 8.68. The molecule has 1 N–H and O–H groups in total. The van der Waals surface area contributed by atoms with E-state index >= 15 is 0 Å². The Morgan fingerprint density at radius 1 is 1.00 bits per heavy atom. The van der Waals surface area contributed by atoms with Crippen LogP contribution in [0.15, 0.2) is 66.4 Å². The second-order valence-corrected chi connectivity index (χ2v) is 11.2. The zero-order valence-corrected chi connectivity index (χ0v) is 21.7. The van der Waals surface area contributed by atoms with Gasteiger partial charge in [-0.2, -0.15) is 0 Å². The lowest BCUT2D eigenvalue weighted by Gasteiger charge is -2.22. The highest BCUT2D eigenvalue weighted by Gasteiger charge is 2.48. The highest BCUT2D eigenvalue weighted by atomic mass is 32.1. The van der Waals surface area contributed by atoms with Crippen molar-refractivity contribution >= 4 is 44.1 Å². The number of carbonyl (C=O) groups is 2. The van der Waals surface area contributed by atoms with Crippen LogP contribution in [-0.2, 0) is 15.0 Å². The molecule has 0 aliphatic carbocycles. The largest absolute Gasteiger partial charge is 0.507 e. The molecule has 1 saturated heterocycles. The Morgan fingerprint density at radius 2 is 1.78 bits per heavy atom. The van der Waals surface area contributed by atoms with Crippen LogP contribution in [0, 0.1) is 13.8 Å². The number of rotatable bonds is 3. The van der Waals surface area contributed by atoms with Crippen molar-refractivity contribution < 1.29 is 14.7 Å². The number of anilines is 1. The van der Waals surface area contributed by atoms with Crippen LogP contribution in [0.1, 0.15) is 54.8 Å². The predicted molar refractivity (Wildman–Crippen MR) is 143 cm³/mol. The van der Waals surface area contributed by atoms with Crippen LogP contribution in [-0.4, -0.2) is 26.8 Å². The topological polar surface area (TPSA) is 83.4 Å². The third-order valence-electron chi connectivity index (χ3n) is 6.64. The number of ketones is 1. The van der Waals surface area contributed by atoms with E-state index in [0.717, 1.165) is 26.9 Å². The minimum absolute atomic E-state index is 0.0107. The molecule has 0 saturated carbocycles. The first kappa shape index (κ1) is 23.9. The molecule has 4 aromatic rings. The van der Waals surface area contributed by atoms with E-state index in [1.165, 1.54) is 16.2 Å². The molecule has 7 heteroatoms. The summed E-state index contributed by atoms with van der Waals surface area (Å²) in [5.74, 6) is -1.70. The Kier molecular flexibility index (Phi) is 5.75.